The maximum Gasteiger partial charge on any atom is 0.255 e. The zero-order valence-corrected chi connectivity index (χ0v) is 11.3. The van der Waals surface area contributed by atoms with Gasteiger partial charge in [-0.15, -0.1) is 0 Å². The molecule has 1 amide bonds. The van der Waals surface area contributed by atoms with Crippen molar-refractivity contribution in [3.8, 4) is 5.75 Å². The fourth-order valence-electron chi connectivity index (χ4n) is 2.58. The highest BCUT2D eigenvalue weighted by atomic mass is 16.5. The van der Waals surface area contributed by atoms with Gasteiger partial charge in [0.1, 0.15) is 5.75 Å². The van der Waals surface area contributed by atoms with Gasteiger partial charge in [-0.2, -0.15) is 0 Å². The third kappa shape index (κ3) is 2.34. The molecule has 2 N–H and O–H groups in total. The van der Waals surface area contributed by atoms with Gasteiger partial charge in [-0.3, -0.25) is 4.79 Å². The van der Waals surface area contributed by atoms with Crippen LogP contribution in [0, 0.1) is 0 Å². The number of benzene rings is 2. The monoisotopic (exact) mass is 271 g/mol. The Kier molecular flexibility index (Phi) is 3.32. The van der Waals surface area contributed by atoms with Gasteiger partial charge in [0, 0.05) is 6.61 Å². The summed E-state index contributed by atoms with van der Waals surface area (Å²) in [6.45, 7) is 2.61. The van der Waals surface area contributed by atoms with Gasteiger partial charge < -0.3 is 15.2 Å². The fourth-order valence-corrected chi connectivity index (χ4v) is 2.58. The van der Waals surface area contributed by atoms with E-state index >= 15 is 0 Å². The van der Waals surface area contributed by atoms with E-state index in [1.54, 1.807) is 12.1 Å². The second kappa shape index (κ2) is 5.13. The smallest absolute Gasteiger partial charge is 0.255 e. The third-order valence-electron chi connectivity index (χ3n) is 3.80. The van der Waals surface area contributed by atoms with E-state index in [1.165, 1.54) is 0 Å². The molecular formula is C16H17NO3. The number of aromatic hydroxyl groups is 1. The number of nitrogens with one attached hydrogen (secondary N) is 1. The molecule has 1 aliphatic rings. The van der Waals surface area contributed by atoms with Crippen LogP contribution in [0.25, 0.3) is 10.8 Å². The number of hydrogen-bond acceptors (Lipinski definition) is 3. The minimum atomic E-state index is -0.254. The molecule has 2 atom stereocenters. The summed E-state index contributed by atoms with van der Waals surface area (Å²) in [6, 6.07) is 11.0. The molecular weight excluding hydrogens is 254 g/mol. The van der Waals surface area contributed by atoms with Crippen LogP contribution in [-0.2, 0) is 4.74 Å². The number of amides is 1. The molecule has 20 heavy (non-hydrogen) atoms. The van der Waals surface area contributed by atoms with Crippen LogP contribution in [0.5, 0.6) is 5.75 Å². The topological polar surface area (TPSA) is 58.6 Å². The van der Waals surface area contributed by atoms with E-state index in [4.69, 9.17) is 4.74 Å². The molecule has 0 saturated carbocycles. The quantitative estimate of drug-likeness (QED) is 0.882. The molecule has 2 unspecified atom stereocenters. The van der Waals surface area contributed by atoms with Crippen LogP contribution in [0.15, 0.2) is 36.4 Å². The van der Waals surface area contributed by atoms with E-state index in [0.29, 0.717) is 12.2 Å². The van der Waals surface area contributed by atoms with Gasteiger partial charge in [-0.05, 0) is 36.2 Å². The molecule has 104 valence electrons. The van der Waals surface area contributed by atoms with Crippen molar-refractivity contribution in [1.82, 2.24) is 5.32 Å². The molecule has 0 radical (unpaired) electrons. The molecule has 1 aliphatic heterocycles. The van der Waals surface area contributed by atoms with E-state index in [1.807, 2.05) is 31.2 Å². The number of hydrogen-bond donors (Lipinski definition) is 2. The van der Waals surface area contributed by atoms with Gasteiger partial charge >= 0.3 is 0 Å². The zero-order chi connectivity index (χ0) is 14.1. The number of carbonyl (C=O) groups excluding carboxylic acids is 1. The minimum Gasteiger partial charge on any atom is -0.507 e. The molecule has 0 spiro atoms. The van der Waals surface area contributed by atoms with Crippen LogP contribution in [0.2, 0.25) is 0 Å². The first-order valence-electron chi connectivity index (χ1n) is 6.79. The van der Waals surface area contributed by atoms with Crippen LogP contribution in [0.3, 0.4) is 0 Å². The van der Waals surface area contributed by atoms with Crippen molar-refractivity contribution >= 4 is 16.7 Å². The van der Waals surface area contributed by atoms with E-state index in [0.717, 1.165) is 17.2 Å². The lowest BCUT2D eigenvalue weighted by molar-refractivity contribution is 0.0864. The molecule has 2 aromatic rings. The van der Waals surface area contributed by atoms with Crippen LogP contribution in [-0.4, -0.2) is 29.8 Å². The van der Waals surface area contributed by atoms with Gasteiger partial charge in [-0.1, -0.05) is 24.3 Å². The summed E-state index contributed by atoms with van der Waals surface area (Å²) in [4.78, 5) is 12.3. The Balaban J connectivity index is 1.89. The van der Waals surface area contributed by atoms with Crippen LogP contribution < -0.4 is 5.32 Å². The van der Waals surface area contributed by atoms with Crippen molar-refractivity contribution in [1.29, 1.82) is 0 Å². The molecule has 0 aliphatic carbocycles. The number of carbonyl (C=O) groups is 1. The largest absolute Gasteiger partial charge is 0.507 e. The standard InChI is InChI=1S/C16H17NO3/c1-10-14(6-7-20-10)17-16(19)13-8-11-4-2-3-5-12(11)9-15(13)18/h2-5,8-10,14,18H,6-7H2,1H3,(H,17,19). The summed E-state index contributed by atoms with van der Waals surface area (Å²) < 4.78 is 5.43. The Bertz CT molecular complexity index is 653. The molecule has 2 aromatic carbocycles. The highest BCUT2D eigenvalue weighted by molar-refractivity contribution is 6.01. The molecule has 4 heteroatoms. The number of ether oxygens (including phenoxy) is 1. The first kappa shape index (κ1) is 12.9. The van der Waals surface area contributed by atoms with Crippen LogP contribution in [0.4, 0.5) is 0 Å². The van der Waals surface area contributed by atoms with Gasteiger partial charge in [0.05, 0.1) is 17.7 Å². The fraction of sp³-hybridized carbons (Fsp3) is 0.312. The predicted molar refractivity (Wildman–Crippen MR) is 76.9 cm³/mol. The zero-order valence-electron chi connectivity index (χ0n) is 11.3. The number of fused-ring (bicyclic) bond motifs is 1. The molecule has 1 fully saturated rings. The summed E-state index contributed by atoms with van der Waals surface area (Å²) in [7, 11) is 0. The first-order chi connectivity index (χ1) is 9.65. The number of phenols is 1. The van der Waals surface area contributed by atoms with Gasteiger partial charge in [-0.25, -0.2) is 0 Å². The van der Waals surface area contributed by atoms with E-state index in [2.05, 4.69) is 5.32 Å². The van der Waals surface area contributed by atoms with Gasteiger partial charge in [0.2, 0.25) is 0 Å². The second-order valence-corrected chi connectivity index (χ2v) is 5.16. The normalized spacial score (nSPS) is 22.1. The molecule has 1 saturated heterocycles. The van der Waals surface area contributed by atoms with Crippen LogP contribution in [0.1, 0.15) is 23.7 Å². The maximum absolute atomic E-state index is 12.3. The molecule has 4 nitrogen and oxygen atoms in total. The summed E-state index contributed by atoms with van der Waals surface area (Å²) in [5.74, 6) is -0.247. The second-order valence-electron chi connectivity index (χ2n) is 5.16. The SMILES string of the molecule is CC1OCCC1NC(=O)c1cc2ccccc2cc1O. The average molecular weight is 271 g/mol. The Morgan fingerprint density at radius 1 is 1.30 bits per heavy atom. The Hall–Kier alpha value is -2.07. The minimum absolute atomic E-state index is 0.00719. The summed E-state index contributed by atoms with van der Waals surface area (Å²) in [5, 5.41) is 14.8. The lowest BCUT2D eigenvalue weighted by Crippen LogP contribution is -2.39. The number of phenolic OH excluding ortho intramolecular Hbond substituents is 1. The molecule has 0 aromatic heterocycles. The number of rotatable bonds is 2. The van der Waals surface area contributed by atoms with Crippen molar-refractivity contribution < 1.29 is 14.6 Å². The van der Waals surface area contributed by atoms with Crippen molar-refractivity contribution in [3.63, 3.8) is 0 Å². The predicted octanol–water partition coefficient (Wildman–Crippen LogP) is 2.45. The highest BCUT2D eigenvalue weighted by Gasteiger charge is 2.26. The van der Waals surface area contributed by atoms with Crippen molar-refractivity contribution in [2.24, 2.45) is 0 Å². The van der Waals surface area contributed by atoms with Crippen molar-refractivity contribution in [2.75, 3.05) is 6.61 Å². The van der Waals surface area contributed by atoms with Crippen LogP contribution >= 0.6 is 0 Å². The summed E-state index contributed by atoms with van der Waals surface area (Å²) in [5.41, 5.74) is 0.308. The Labute approximate surface area is 117 Å². The summed E-state index contributed by atoms with van der Waals surface area (Å²) in [6.07, 6.45) is 0.822. The lowest BCUT2D eigenvalue weighted by atomic mass is 10.0. The maximum atomic E-state index is 12.3. The van der Waals surface area contributed by atoms with Gasteiger partial charge in [0.25, 0.3) is 5.91 Å². The lowest BCUT2D eigenvalue weighted by Gasteiger charge is -2.16. The van der Waals surface area contributed by atoms with Crippen molar-refractivity contribution in [3.05, 3.63) is 42.0 Å². The Morgan fingerprint density at radius 3 is 2.65 bits per heavy atom. The van der Waals surface area contributed by atoms with E-state index < -0.39 is 0 Å². The van der Waals surface area contributed by atoms with E-state index in [-0.39, 0.29) is 23.8 Å². The third-order valence-corrected chi connectivity index (χ3v) is 3.80. The summed E-state index contributed by atoms with van der Waals surface area (Å²) >= 11 is 0. The molecule has 1 heterocycles. The van der Waals surface area contributed by atoms with E-state index in [9.17, 15) is 9.90 Å². The first-order valence-corrected chi connectivity index (χ1v) is 6.79. The van der Waals surface area contributed by atoms with Gasteiger partial charge in [0.15, 0.2) is 0 Å². The van der Waals surface area contributed by atoms with Crippen molar-refractivity contribution in [2.45, 2.75) is 25.5 Å². The molecule has 0 bridgehead atoms. The molecule has 3 rings (SSSR count). The highest BCUT2D eigenvalue weighted by Crippen LogP contribution is 2.25. The average Bonchev–Trinajstić information content (AvgIpc) is 2.83. The Morgan fingerprint density at radius 2 is 2.00 bits per heavy atom.